The van der Waals surface area contributed by atoms with E-state index in [9.17, 15) is 9.59 Å². The molecule has 172 valence electrons. The molecule has 3 aromatic rings. The minimum Gasteiger partial charge on any atom is -0.453 e. The van der Waals surface area contributed by atoms with Gasteiger partial charge in [0, 0.05) is 25.7 Å². The van der Waals surface area contributed by atoms with Gasteiger partial charge in [-0.25, -0.2) is 4.68 Å². The summed E-state index contributed by atoms with van der Waals surface area (Å²) in [4.78, 5) is 26.9. The number of hydrogen-bond acceptors (Lipinski definition) is 4. The summed E-state index contributed by atoms with van der Waals surface area (Å²) in [5.41, 5.74) is 3.27. The van der Waals surface area contributed by atoms with Gasteiger partial charge in [-0.05, 0) is 61.8 Å². The van der Waals surface area contributed by atoms with Gasteiger partial charge in [0.05, 0.1) is 11.9 Å². The molecular formula is C27H31N3O3. The first-order valence-corrected chi connectivity index (χ1v) is 11.7. The number of hydrogen-bond donors (Lipinski definition) is 0. The molecule has 1 aromatic heterocycles. The van der Waals surface area contributed by atoms with Crippen molar-refractivity contribution in [3.05, 3.63) is 84.2 Å². The van der Waals surface area contributed by atoms with Crippen LogP contribution in [0.2, 0.25) is 0 Å². The molecule has 1 amide bonds. The quantitative estimate of drug-likeness (QED) is 0.487. The largest absolute Gasteiger partial charge is 0.453 e. The van der Waals surface area contributed by atoms with Crippen LogP contribution in [0.15, 0.2) is 73.1 Å². The average Bonchev–Trinajstić information content (AvgIpc) is 3.33. The summed E-state index contributed by atoms with van der Waals surface area (Å²) in [6.07, 6.45) is 6.67. The third kappa shape index (κ3) is 6.31. The summed E-state index contributed by atoms with van der Waals surface area (Å²) in [5, 5.41) is 4.35. The van der Waals surface area contributed by atoms with Crippen LogP contribution in [0.5, 0.6) is 0 Å². The van der Waals surface area contributed by atoms with Gasteiger partial charge >= 0.3 is 5.97 Å². The zero-order valence-electron chi connectivity index (χ0n) is 19.1. The van der Waals surface area contributed by atoms with Gasteiger partial charge < -0.3 is 9.64 Å². The fraction of sp³-hybridized carbons (Fsp3) is 0.370. The third-order valence-electron chi connectivity index (χ3n) is 6.22. The number of para-hydroxylation sites is 1. The van der Waals surface area contributed by atoms with Gasteiger partial charge in [0.1, 0.15) is 0 Å². The first-order chi connectivity index (χ1) is 16.1. The fourth-order valence-corrected chi connectivity index (χ4v) is 4.33. The normalized spacial score (nSPS) is 15.2. The first-order valence-electron chi connectivity index (χ1n) is 11.7. The fourth-order valence-electron chi connectivity index (χ4n) is 4.33. The lowest BCUT2D eigenvalue weighted by atomic mass is 9.90. The van der Waals surface area contributed by atoms with Gasteiger partial charge in [-0.15, -0.1) is 0 Å². The number of ether oxygens (including phenoxy) is 1. The molecule has 0 bridgehead atoms. The Kier molecular flexibility index (Phi) is 7.55. The second kappa shape index (κ2) is 10.9. The molecule has 1 fully saturated rings. The number of aryl methyl sites for hydroxylation is 1. The highest BCUT2D eigenvalue weighted by Gasteiger charge is 2.28. The van der Waals surface area contributed by atoms with Crippen LogP contribution in [0.1, 0.15) is 37.3 Å². The molecule has 1 aliphatic rings. The lowest BCUT2D eigenvalue weighted by Crippen LogP contribution is -2.44. The SMILES string of the molecule is CC(OC(=O)CCc1cnn(-c2ccccc2)c1)C(=O)N1CCC(Cc2ccccc2)CC1. The summed E-state index contributed by atoms with van der Waals surface area (Å²) in [5.74, 6) is 0.131. The number of likely N-dealkylation sites (tertiary alicyclic amines) is 1. The number of nitrogens with zero attached hydrogens (tertiary/aromatic N) is 3. The number of carbonyl (C=O) groups excluding carboxylic acids is 2. The van der Waals surface area contributed by atoms with E-state index in [1.54, 1.807) is 17.8 Å². The van der Waals surface area contributed by atoms with Crippen LogP contribution >= 0.6 is 0 Å². The lowest BCUT2D eigenvalue weighted by Gasteiger charge is -2.33. The molecule has 0 spiro atoms. The number of rotatable bonds is 8. The third-order valence-corrected chi connectivity index (χ3v) is 6.22. The number of amides is 1. The molecule has 2 aromatic carbocycles. The van der Waals surface area contributed by atoms with E-state index in [2.05, 4.69) is 29.4 Å². The van der Waals surface area contributed by atoms with Crippen molar-refractivity contribution in [2.75, 3.05) is 13.1 Å². The Hall–Kier alpha value is -3.41. The number of carbonyl (C=O) groups is 2. The summed E-state index contributed by atoms with van der Waals surface area (Å²) >= 11 is 0. The van der Waals surface area contributed by atoms with Crippen LogP contribution < -0.4 is 0 Å². The molecule has 33 heavy (non-hydrogen) atoms. The van der Waals surface area contributed by atoms with E-state index in [1.165, 1.54) is 5.56 Å². The van der Waals surface area contributed by atoms with E-state index in [1.807, 2.05) is 47.5 Å². The molecule has 1 saturated heterocycles. The molecule has 0 N–H and O–H groups in total. The van der Waals surface area contributed by atoms with E-state index < -0.39 is 6.10 Å². The summed E-state index contributed by atoms with van der Waals surface area (Å²) in [6.45, 7) is 3.11. The van der Waals surface area contributed by atoms with Crippen LogP contribution in [0.4, 0.5) is 0 Å². The minimum absolute atomic E-state index is 0.0987. The van der Waals surface area contributed by atoms with Gasteiger partial charge in [0.15, 0.2) is 6.10 Å². The van der Waals surface area contributed by atoms with Crippen LogP contribution in [-0.2, 0) is 27.2 Å². The highest BCUT2D eigenvalue weighted by atomic mass is 16.5. The number of aromatic nitrogens is 2. The van der Waals surface area contributed by atoms with E-state index in [4.69, 9.17) is 4.74 Å². The maximum atomic E-state index is 12.8. The summed E-state index contributed by atoms with van der Waals surface area (Å²) < 4.78 is 7.23. The van der Waals surface area contributed by atoms with Crippen molar-refractivity contribution in [3.8, 4) is 5.69 Å². The van der Waals surface area contributed by atoms with Crippen LogP contribution in [-0.4, -0.2) is 45.8 Å². The zero-order valence-corrected chi connectivity index (χ0v) is 19.1. The summed E-state index contributed by atoms with van der Waals surface area (Å²) in [7, 11) is 0. The van der Waals surface area contributed by atoms with Crippen molar-refractivity contribution in [1.82, 2.24) is 14.7 Å². The van der Waals surface area contributed by atoms with E-state index >= 15 is 0 Å². The Labute approximate surface area is 195 Å². The summed E-state index contributed by atoms with van der Waals surface area (Å²) in [6, 6.07) is 20.3. The number of piperidine rings is 1. The number of esters is 1. The van der Waals surface area contributed by atoms with Crippen molar-refractivity contribution < 1.29 is 14.3 Å². The molecule has 1 atom stereocenters. The molecule has 0 radical (unpaired) electrons. The molecule has 0 saturated carbocycles. The monoisotopic (exact) mass is 445 g/mol. The van der Waals surface area contributed by atoms with Crippen molar-refractivity contribution in [3.63, 3.8) is 0 Å². The first kappa shape index (κ1) is 22.8. The van der Waals surface area contributed by atoms with Crippen molar-refractivity contribution in [1.29, 1.82) is 0 Å². The van der Waals surface area contributed by atoms with Gasteiger partial charge in [-0.1, -0.05) is 48.5 Å². The van der Waals surface area contributed by atoms with Crippen molar-refractivity contribution in [2.45, 2.75) is 45.1 Å². The molecule has 2 heterocycles. The predicted octanol–water partition coefficient (Wildman–Crippen LogP) is 4.22. The van der Waals surface area contributed by atoms with Gasteiger partial charge in [0.2, 0.25) is 0 Å². The van der Waals surface area contributed by atoms with Crippen LogP contribution in [0, 0.1) is 5.92 Å². The van der Waals surface area contributed by atoms with E-state index in [0.29, 0.717) is 12.3 Å². The van der Waals surface area contributed by atoms with Gasteiger partial charge in [-0.3, -0.25) is 9.59 Å². The molecule has 0 aliphatic carbocycles. The Balaban J connectivity index is 1.19. The predicted molar refractivity (Wildman–Crippen MR) is 127 cm³/mol. The maximum absolute atomic E-state index is 12.8. The highest BCUT2D eigenvalue weighted by Crippen LogP contribution is 2.22. The molecule has 4 rings (SSSR count). The standard InChI is InChI=1S/C27H31N3O3/c1-21(27(32)29-16-14-23(15-17-29)18-22-8-4-2-5-9-22)33-26(31)13-12-24-19-28-30(20-24)25-10-6-3-7-11-25/h2-11,19-21,23H,12-18H2,1H3. The van der Waals surface area contributed by atoms with Gasteiger partial charge in [-0.2, -0.15) is 5.10 Å². The second-order valence-electron chi connectivity index (χ2n) is 8.72. The minimum atomic E-state index is -0.754. The topological polar surface area (TPSA) is 64.4 Å². The molecule has 6 heteroatoms. The Morgan fingerprint density at radius 3 is 2.36 bits per heavy atom. The molecular weight excluding hydrogens is 414 g/mol. The molecule has 6 nitrogen and oxygen atoms in total. The van der Waals surface area contributed by atoms with Crippen molar-refractivity contribution in [2.24, 2.45) is 5.92 Å². The molecule has 1 unspecified atom stereocenters. The van der Waals surface area contributed by atoms with E-state index in [0.717, 1.165) is 43.6 Å². The molecule has 1 aliphatic heterocycles. The van der Waals surface area contributed by atoms with Crippen molar-refractivity contribution >= 4 is 11.9 Å². The second-order valence-corrected chi connectivity index (χ2v) is 8.72. The number of benzene rings is 2. The average molecular weight is 446 g/mol. The highest BCUT2D eigenvalue weighted by molar-refractivity contribution is 5.83. The zero-order chi connectivity index (χ0) is 23.0. The smallest absolute Gasteiger partial charge is 0.306 e. The Morgan fingerprint density at radius 2 is 1.67 bits per heavy atom. The van der Waals surface area contributed by atoms with E-state index in [-0.39, 0.29) is 18.3 Å². The Morgan fingerprint density at radius 1 is 1.00 bits per heavy atom. The lowest BCUT2D eigenvalue weighted by molar-refractivity contribution is -0.159. The Bertz CT molecular complexity index is 1040. The van der Waals surface area contributed by atoms with Crippen LogP contribution in [0.25, 0.3) is 5.69 Å². The van der Waals surface area contributed by atoms with Gasteiger partial charge in [0.25, 0.3) is 5.91 Å². The van der Waals surface area contributed by atoms with Crippen LogP contribution in [0.3, 0.4) is 0 Å². The maximum Gasteiger partial charge on any atom is 0.306 e.